The van der Waals surface area contributed by atoms with Gasteiger partial charge in [0.2, 0.25) is 0 Å². The summed E-state index contributed by atoms with van der Waals surface area (Å²) >= 11 is 8.34. The number of halogens is 2. The quantitative estimate of drug-likeness (QED) is 0.492. The third-order valence-corrected chi connectivity index (χ3v) is 4.81. The van der Waals surface area contributed by atoms with Crippen molar-refractivity contribution in [1.82, 2.24) is 0 Å². The van der Waals surface area contributed by atoms with Crippen LogP contribution in [0.2, 0.25) is 5.21 Å². The van der Waals surface area contributed by atoms with Crippen molar-refractivity contribution in [1.29, 1.82) is 0 Å². The van der Waals surface area contributed by atoms with E-state index in [9.17, 15) is 0 Å². The average molecular weight is 264 g/mol. The summed E-state index contributed by atoms with van der Waals surface area (Å²) in [6.45, 7) is 0. The van der Waals surface area contributed by atoms with Crippen molar-refractivity contribution in [2.45, 2.75) is 8.95 Å². The Morgan fingerprint density at radius 1 is 1.60 bits per heavy atom. The van der Waals surface area contributed by atoms with E-state index in [2.05, 4.69) is 31.9 Å². The fraction of sp³-hybridized carbons (Fsp3) is 1.00. The first-order valence-corrected chi connectivity index (χ1v) is 4.80. The van der Waals surface area contributed by atoms with E-state index in [0.29, 0.717) is 3.74 Å². The first-order chi connectivity index (χ1) is 2.27. The van der Waals surface area contributed by atoms with Gasteiger partial charge in [0.1, 0.15) is 0 Å². The predicted molar refractivity (Wildman–Crippen MR) is 35.0 cm³/mol. The van der Waals surface area contributed by atoms with Gasteiger partial charge in [0.05, 0.1) is 0 Å². The van der Waals surface area contributed by atoms with Crippen LogP contribution >= 0.6 is 31.9 Å². The van der Waals surface area contributed by atoms with Crippen LogP contribution in [0.4, 0.5) is 0 Å². The van der Waals surface area contributed by atoms with Gasteiger partial charge < -0.3 is 0 Å². The monoisotopic (exact) mass is 262 g/mol. The molecule has 0 aliphatic heterocycles. The second-order valence-corrected chi connectivity index (χ2v) is 5.06. The molecule has 0 saturated carbocycles. The molecule has 0 aromatic rings. The minimum atomic E-state index is 0.537. The van der Waals surface area contributed by atoms with Crippen LogP contribution in [0.5, 0.6) is 0 Å². The van der Waals surface area contributed by atoms with E-state index >= 15 is 0 Å². The van der Waals surface area contributed by atoms with Crippen LogP contribution in [0, 0.1) is 0 Å². The molecule has 32 valence electrons. The van der Waals surface area contributed by atoms with Gasteiger partial charge in [-0.15, -0.1) is 0 Å². The molecule has 0 saturated heterocycles. The van der Waals surface area contributed by atoms with E-state index < -0.39 is 0 Å². The van der Waals surface area contributed by atoms with Gasteiger partial charge in [-0.2, -0.15) is 0 Å². The Labute approximate surface area is 57.5 Å². The molecule has 1 atom stereocenters. The fourth-order valence-electron chi connectivity index (χ4n) is 0. The van der Waals surface area contributed by atoms with E-state index in [-0.39, 0.29) is 0 Å². The maximum atomic E-state index is 3.31. The Bertz CT molecular complexity index is 21.6. The molecule has 0 fully saturated rings. The summed E-state index contributed by atoms with van der Waals surface area (Å²) in [5.74, 6) is 0. The molecular formula is C2H5AsBr2. The standard InChI is InChI=1S/C2H5AsBr2/c3-1-2(4)5/h2H,1,3H2. The Balaban J connectivity index is 2.54. The van der Waals surface area contributed by atoms with Gasteiger partial charge >= 0.3 is 57.7 Å². The summed E-state index contributed by atoms with van der Waals surface area (Å²) in [4.78, 5) is 0. The SMILES string of the molecule is [AsH2]CC(Br)Br. The fourth-order valence-corrected chi connectivity index (χ4v) is 0. The summed E-state index contributed by atoms with van der Waals surface area (Å²) in [5, 5.41) is 1.20. The summed E-state index contributed by atoms with van der Waals surface area (Å²) in [6, 6.07) is 0. The van der Waals surface area contributed by atoms with Crippen molar-refractivity contribution in [2.24, 2.45) is 0 Å². The first kappa shape index (κ1) is 6.52. The number of hydrogen-bond donors (Lipinski definition) is 0. The Kier molecular flexibility index (Phi) is 4.82. The Morgan fingerprint density at radius 2 is 1.80 bits per heavy atom. The molecule has 0 bridgehead atoms. The van der Waals surface area contributed by atoms with E-state index in [1.165, 1.54) is 5.21 Å². The normalized spacial score (nSPS) is 9.60. The molecule has 0 amide bonds. The van der Waals surface area contributed by atoms with Crippen LogP contribution in [0.3, 0.4) is 0 Å². The van der Waals surface area contributed by atoms with Gasteiger partial charge in [-0.3, -0.25) is 0 Å². The molecule has 0 nitrogen and oxygen atoms in total. The topological polar surface area (TPSA) is 0 Å². The van der Waals surface area contributed by atoms with Crippen molar-refractivity contribution in [3.05, 3.63) is 0 Å². The third-order valence-electron chi connectivity index (χ3n) is 0.178. The van der Waals surface area contributed by atoms with Gasteiger partial charge in [0.15, 0.2) is 0 Å². The maximum absolute atomic E-state index is 3.31. The van der Waals surface area contributed by atoms with E-state index in [4.69, 9.17) is 0 Å². The number of rotatable bonds is 1. The summed E-state index contributed by atoms with van der Waals surface area (Å²) in [7, 11) is 0. The zero-order valence-corrected chi connectivity index (χ0v) is 8.21. The van der Waals surface area contributed by atoms with Gasteiger partial charge in [0, 0.05) is 0 Å². The number of alkyl halides is 2. The van der Waals surface area contributed by atoms with Crippen molar-refractivity contribution < 1.29 is 0 Å². The average Bonchev–Trinajstić information content (AvgIpc) is 1.38. The van der Waals surface area contributed by atoms with Crippen LogP contribution in [-0.4, -0.2) is 20.6 Å². The Hall–Kier alpha value is 1.52. The van der Waals surface area contributed by atoms with Gasteiger partial charge in [0.25, 0.3) is 0 Å². The zero-order valence-electron chi connectivity index (χ0n) is 2.62. The van der Waals surface area contributed by atoms with E-state index in [1.807, 2.05) is 0 Å². The summed E-state index contributed by atoms with van der Waals surface area (Å²) in [6.07, 6.45) is 0. The zero-order chi connectivity index (χ0) is 4.28. The van der Waals surface area contributed by atoms with Crippen LogP contribution in [0.1, 0.15) is 0 Å². The number of hydrogen-bond acceptors (Lipinski definition) is 0. The molecule has 1 unspecified atom stereocenters. The van der Waals surface area contributed by atoms with Crippen LogP contribution in [0.15, 0.2) is 0 Å². The summed E-state index contributed by atoms with van der Waals surface area (Å²) in [5.41, 5.74) is 0. The van der Waals surface area contributed by atoms with Crippen molar-refractivity contribution >= 4 is 48.7 Å². The molecule has 0 radical (unpaired) electrons. The van der Waals surface area contributed by atoms with Gasteiger partial charge in [-0.05, 0) is 0 Å². The van der Waals surface area contributed by atoms with Gasteiger partial charge in [-0.25, -0.2) is 0 Å². The molecule has 0 spiro atoms. The second-order valence-electron chi connectivity index (χ2n) is 0.627. The first-order valence-electron chi connectivity index (χ1n) is 1.25. The molecule has 5 heavy (non-hydrogen) atoms. The van der Waals surface area contributed by atoms with Crippen molar-refractivity contribution in [3.8, 4) is 0 Å². The van der Waals surface area contributed by atoms with Crippen LogP contribution in [-0.2, 0) is 0 Å². The second kappa shape index (κ2) is 3.70. The molecule has 0 aliphatic rings. The Morgan fingerprint density at radius 3 is 1.80 bits per heavy atom. The molecule has 0 rings (SSSR count). The van der Waals surface area contributed by atoms with E-state index in [1.54, 1.807) is 16.9 Å². The predicted octanol–water partition coefficient (Wildman–Crippen LogP) is 1.15. The van der Waals surface area contributed by atoms with E-state index in [0.717, 1.165) is 0 Å². The molecule has 0 aliphatic carbocycles. The van der Waals surface area contributed by atoms with Crippen LogP contribution < -0.4 is 0 Å². The molecule has 3 heteroatoms. The summed E-state index contributed by atoms with van der Waals surface area (Å²) < 4.78 is 0.537. The van der Waals surface area contributed by atoms with Crippen molar-refractivity contribution in [3.63, 3.8) is 0 Å². The molecule has 0 heterocycles. The third kappa shape index (κ3) is 5.52. The minimum absolute atomic E-state index is 0.537. The molecule has 0 aromatic carbocycles. The molecule has 0 aromatic heterocycles. The molecular weight excluding hydrogens is 259 g/mol. The van der Waals surface area contributed by atoms with Crippen LogP contribution in [0.25, 0.3) is 0 Å². The van der Waals surface area contributed by atoms with Gasteiger partial charge in [-0.1, -0.05) is 0 Å². The van der Waals surface area contributed by atoms with Crippen molar-refractivity contribution in [2.75, 3.05) is 0 Å². The molecule has 0 N–H and O–H groups in total.